The lowest BCUT2D eigenvalue weighted by atomic mass is 9.97. The lowest BCUT2D eigenvalue weighted by Crippen LogP contribution is -2.45. The van der Waals surface area contributed by atoms with E-state index in [1.165, 1.54) is 24.8 Å². The van der Waals surface area contributed by atoms with Gasteiger partial charge in [-0.25, -0.2) is 0 Å². The van der Waals surface area contributed by atoms with E-state index in [0.717, 1.165) is 43.6 Å². The number of ether oxygens (including phenoxy) is 3. The van der Waals surface area contributed by atoms with Gasteiger partial charge in [-0.2, -0.15) is 0 Å². The fourth-order valence-corrected chi connectivity index (χ4v) is 3.45. The quantitative estimate of drug-likeness (QED) is 0.836. The Kier molecular flexibility index (Phi) is 5.28. The molecule has 1 saturated carbocycles. The molecule has 0 amide bonds. The molecule has 0 bridgehead atoms. The highest BCUT2D eigenvalue weighted by Gasteiger charge is 2.31. The number of methoxy groups -OCH3 is 3. The maximum atomic E-state index is 5.54. The van der Waals surface area contributed by atoms with Gasteiger partial charge in [0.1, 0.15) is 0 Å². The minimum Gasteiger partial charge on any atom is -0.493 e. The fourth-order valence-electron chi connectivity index (χ4n) is 3.45. The summed E-state index contributed by atoms with van der Waals surface area (Å²) in [5.74, 6) is 3.04. The first-order valence-corrected chi connectivity index (χ1v) is 8.51. The monoisotopic (exact) mass is 320 g/mol. The van der Waals surface area contributed by atoms with E-state index in [1.54, 1.807) is 21.3 Å². The average molecular weight is 320 g/mol. The summed E-state index contributed by atoms with van der Waals surface area (Å²) in [6, 6.07) is 4.67. The van der Waals surface area contributed by atoms with Gasteiger partial charge in [0.15, 0.2) is 11.5 Å². The normalized spacial score (nSPS) is 20.1. The van der Waals surface area contributed by atoms with E-state index in [1.807, 2.05) is 0 Å². The molecule has 1 aliphatic carbocycles. The molecule has 0 radical (unpaired) electrons. The average Bonchev–Trinajstić information content (AvgIpc) is 3.43. The van der Waals surface area contributed by atoms with Crippen LogP contribution in [0.15, 0.2) is 12.1 Å². The molecule has 1 heterocycles. The summed E-state index contributed by atoms with van der Waals surface area (Å²) in [6.45, 7) is 4.30. The summed E-state index contributed by atoms with van der Waals surface area (Å²) in [6.07, 6.45) is 3.96. The fraction of sp³-hybridized carbons (Fsp3) is 0.667. The molecule has 1 N–H and O–H groups in total. The first-order chi connectivity index (χ1) is 11.3. The topological polar surface area (TPSA) is 43.0 Å². The highest BCUT2D eigenvalue weighted by molar-refractivity contribution is 5.54. The van der Waals surface area contributed by atoms with Gasteiger partial charge in [0, 0.05) is 32.2 Å². The van der Waals surface area contributed by atoms with Gasteiger partial charge in [-0.3, -0.25) is 4.90 Å². The molecule has 3 rings (SSSR count). The highest BCUT2D eigenvalue weighted by Crippen LogP contribution is 2.45. The predicted molar refractivity (Wildman–Crippen MR) is 90.6 cm³/mol. The van der Waals surface area contributed by atoms with Crippen LogP contribution in [-0.4, -0.2) is 52.4 Å². The first-order valence-electron chi connectivity index (χ1n) is 8.51. The highest BCUT2D eigenvalue weighted by atomic mass is 16.5. The SMILES string of the molecule is COc1cc([C@@H](CC2CC2)N2CCNCC2)cc(OC)c1OC. The number of nitrogens with one attached hydrogen (secondary N) is 1. The van der Waals surface area contributed by atoms with Crippen molar-refractivity contribution in [3.63, 3.8) is 0 Å². The molecular formula is C18H28N2O3. The number of rotatable bonds is 7. The van der Waals surface area contributed by atoms with E-state index in [4.69, 9.17) is 14.2 Å². The van der Waals surface area contributed by atoms with Crippen molar-refractivity contribution < 1.29 is 14.2 Å². The molecule has 2 aliphatic rings. The van der Waals surface area contributed by atoms with Gasteiger partial charge in [0.05, 0.1) is 21.3 Å². The van der Waals surface area contributed by atoms with Crippen LogP contribution < -0.4 is 19.5 Å². The maximum absolute atomic E-state index is 5.54. The Labute approximate surface area is 138 Å². The van der Waals surface area contributed by atoms with Crippen LogP contribution in [0.2, 0.25) is 0 Å². The predicted octanol–water partition coefficient (Wildman–Crippen LogP) is 2.46. The Balaban J connectivity index is 1.93. The molecule has 1 saturated heterocycles. The molecule has 128 valence electrons. The maximum Gasteiger partial charge on any atom is 0.203 e. The number of hydrogen-bond donors (Lipinski definition) is 1. The second-order valence-electron chi connectivity index (χ2n) is 6.44. The summed E-state index contributed by atoms with van der Waals surface area (Å²) in [5, 5.41) is 3.44. The van der Waals surface area contributed by atoms with E-state index in [2.05, 4.69) is 22.3 Å². The molecule has 1 aliphatic heterocycles. The van der Waals surface area contributed by atoms with Crippen LogP contribution in [0.5, 0.6) is 17.2 Å². The molecule has 1 aromatic carbocycles. The van der Waals surface area contributed by atoms with Crippen molar-refractivity contribution >= 4 is 0 Å². The number of hydrogen-bond acceptors (Lipinski definition) is 5. The Morgan fingerprint density at radius 2 is 1.65 bits per heavy atom. The van der Waals surface area contributed by atoms with Gasteiger partial charge in [-0.1, -0.05) is 12.8 Å². The van der Waals surface area contributed by atoms with Crippen molar-refractivity contribution in [2.45, 2.75) is 25.3 Å². The third kappa shape index (κ3) is 3.72. The molecule has 0 aromatic heterocycles. The van der Waals surface area contributed by atoms with Crippen LogP contribution in [0.3, 0.4) is 0 Å². The smallest absolute Gasteiger partial charge is 0.203 e. The molecular weight excluding hydrogens is 292 g/mol. The molecule has 1 aromatic rings. The molecule has 5 heteroatoms. The van der Waals surface area contributed by atoms with Crippen LogP contribution in [0.1, 0.15) is 30.9 Å². The molecule has 2 fully saturated rings. The second kappa shape index (κ2) is 7.41. The van der Waals surface area contributed by atoms with Crippen LogP contribution in [-0.2, 0) is 0 Å². The Hall–Kier alpha value is -1.46. The lowest BCUT2D eigenvalue weighted by Gasteiger charge is -2.35. The van der Waals surface area contributed by atoms with Crippen LogP contribution in [0.4, 0.5) is 0 Å². The van der Waals surface area contributed by atoms with Gasteiger partial charge in [0.2, 0.25) is 5.75 Å². The van der Waals surface area contributed by atoms with E-state index >= 15 is 0 Å². The Morgan fingerprint density at radius 1 is 1.04 bits per heavy atom. The van der Waals surface area contributed by atoms with Crippen LogP contribution in [0.25, 0.3) is 0 Å². The zero-order valence-electron chi connectivity index (χ0n) is 14.4. The van der Waals surface area contributed by atoms with Gasteiger partial charge in [-0.15, -0.1) is 0 Å². The van der Waals surface area contributed by atoms with Crippen molar-refractivity contribution in [1.29, 1.82) is 0 Å². The number of nitrogens with zero attached hydrogens (tertiary/aromatic N) is 1. The van der Waals surface area contributed by atoms with Crippen molar-refractivity contribution in [2.75, 3.05) is 47.5 Å². The van der Waals surface area contributed by atoms with E-state index < -0.39 is 0 Å². The standard InChI is InChI=1S/C18H28N2O3/c1-21-16-11-14(12-17(22-2)18(16)23-3)15(10-13-4-5-13)20-8-6-19-7-9-20/h11-13,15,19H,4-10H2,1-3H3/t15-/m1/s1. The number of benzene rings is 1. The van der Waals surface area contributed by atoms with E-state index in [-0.39, 0.29) is 0 Å². The third-order valence-corrected chi connectivity index (χ3v) is 4.92. The van der Waals surface area contributed by atoms with Crippen molar-refractivity contribution in [2.24, 2.45) is 5.92 Å². The molecule has 0 unspecified atom stereocenters. The summed E-state index contributed by atoms with van der Waals surface area (Å²) >= 11 is 0. The second-order valence-corrected chi connectivity index (χ2v) is 6.44. The van der Waals surface area contributed by atoms with E-state index in [0.29, 0.717) is 11.8 Å². The third-order valence-electron chi connectivity index (χ3n) is 4.92. The summed E-state index contributed by atoms with van der Waals surface area (Å²) in [5.41, 5.74) is 1.27. The first kappa shape index (κ1) is 16.4. The Morgan fingerprint density at radius 3 is 2.13 bits per heavy atom. The van der Waals surface area contributed by atoms with Crippen molar-refractivity contribution in [1.82, 2.24) is 10.2 Å². The lowest BCUT2D eigenvalue weighted by molar-refractivity contribution is 0.160. The minimum absolute atomic E-state index is 0.429. The molecule has 1 atom stereocenters. The Bertz CT molecular complexity index is 500. The van der Waals surface area contributed by atoms with Gasteiger partial charge in [0.25, 0.3) is 0 Å². The molecule has 0 spiro atoms. The van der Waals surface area contributed by atoms with E-state index in [9.17, 15) is 0 Å². The van der Waals surface area contributed by atoms with Crippen molar-refractivity contribution in [3.8, 4) is 17.2 Å². The van der Waals surface area contributed by atoms with Crippen LogP contribution >= 0.6 is 0 Å². The largest absolute Gasteiger partial charge is 0.493 e. The van der Waals surface area contributed by atoms with Gasteiger partial charge in [-0.05, 0) is 30.0 Å². The van der Waals surface area contributed by atoms with Gasteiger partial charge >= 0.3 is 0 Å². The molecule has 23 heavy (non-hydrogen) atoms. The van der Waals surface area contributed by atoms with Crippen molar-refractivity contribution in [3.05, 3.63) is 17.7 Å². The summed E-state index contributed by atoms with van der Waals surface area (Å²) in [4.78, 5) is 2.59. The number of piperazine rings is 1. The molecule has 5 nitrogen and oxygen atoms in total. The minimum atomic E-state index is 0.429. The summed E-state index contributed by atoms with van der Waals surface area (Å²) in [7, 11) is 5.02. The summed E-state index contributed by atoms with van der Waals surface area (Å²) < 4.78 is 16.5. The zero-order chi connectivity index (χ0) is 16.2. The zero-order valence-corrected chi connectivity index (χ0v) is 14.4. The van der Waals surface area contributed by atoms with Crippen LogP contribution in [0, 0.1) is 5.92 Å². The van der Waals surface area contributed by atoms with Gasteiger partial charge < -0.3 is 19.5 Å².